The van der Waals surface area contributed by atoms with Gasteiger partial charge in [0.15, 0.2) is 5.82 Å². The third-order valence-corrected chi connectivity index (χ3v) is 3.86. The number of nitrogens with zero attached hydrogens (tertiary/aromatic N) is 4. The molecule has 0 atom stereocenters. The molecule has 5 heteroatoms. The zero-order valence-electron chi connectivity index (χ0n) is 9.80. The second-order valence-corrected chi connectivity index (χ2v) is 5.20. The van der Waals surface area contributed by atoms with E-state index < -0.39 is 0 Å². The van der Waals surface area contributed by atoms with Gasteiger partial charge in [-0.25, -0.2) is 4.98 Å². The van der Waals surface area contributed by atoms with Crippen LogP contribution in [0.4, 0.5) is 0 Å². The van der Waals surface area contributed by atoms with Crippen LogP contribution in [-0.2, 0) is 13.0 Å². The third kappa shape index (κ3) is 2.24. The smallest absolute Gasteiger partial charge is 0.183 e. The minimum atomic E-state index is 0.947. The van der Waals surface area contributed by atoms with E-state index in [9.17, 15) is 0 Å². The monoisotopic (exact) mass is 248 g/mol. The average Bonchev–Trinajstić information content (AvgIpc) is 2.97. The number of aromatic nitrogens is 4. The van der Waals surface area contributed by atoms with Gasteiger partial charge in [0.25, 0.3) is 0 Å². The highest BCUT2D eigenvalue weighted by Crippen LogP contribution is 2.21. The Labute approximate surface area is 105 Å². The van der Waals surface area contributed by atoms with Gasteiger partial charge < -0.3 is 4.57 Å². The second kappa shape index (κ2) is 4.96. The fourth-order valence-electron chi connectivity index (χ4n) is 2.35. The van der Waals surface area contributed by atoms with Crippen LogP contribution in [0.1, 0.15) is 37.9 Å². The van der Waals surface area contributed by atoms with Gasteiger partial charge in [-0.3, -0.25) is 0 Å². The molecular weight excluding hydrogens is 232 g/mol. The van der Waals surface area contributed by atoms with E-state index >= 15 is 0 Å². The summed E-state index contributed by atoms with van der Waals surface area (Å²) in [5.74, 6) is 2.08. The van der Waals surface area contributed by atoms with Crippen molar-refractivity contribution >= 4 is 11.3 Å². The van der Waals surface area contributed by atoms with Crippen LogP contribution in [0.3, 0.4) is 0 Å². The van der Waals surface area contributed by atoms with E-state index in [0.29, 0.717) is 0 Å². The molecule has 0 amide bonds. The van der Waals surface area contributed by atoms with Crippen LogP contribution >= 0.6 is 11.3 Å². The van der Waals surface area contributed by atoms with E-state index in [1.54, 1.807) is 11.3 Å². The van der Waals surface area contributed by atoms with Crippen LogP contribution in [-0.4, -0.2) is 19.7 Å². The topological polar surface area (TPSA) is 43.6 Å². The first-order valence-corrected chi connectivity index (χ1v) is 7.20. The Morgan fingerprint density at radius 1 is 1.06 bits per heavy atom. The van der Waals surface area contributed by atoms with E-state index in [1.807, 2.05) is 10.9 Å². The average molecular weight is 248 g/mol. The van der Waals surface area contributed by atoms with Gasteiger partial charge in [-0.05, 0) is 12.8 Å². The van der Waals surface area contributed by atoms with Crippen molar-refractivity contribution < 1.29 is 0 Å². The summed E-state index contributed by atoms with van der Waals surface area (Å²) in [5, 5.41) is 10.7. The molecule has 0 fully saturated rings. The standard InChI is InChI=1S/C12H16N4S/c1-2-4-6-11-14-15-12(10-8-17-9-13-10)16(11)7-5-3-1/h8-9H,1-7H2. The van der Waals surface area contributed by atoms with Crippen molar-refractivity contribution in [3.63, 3.8) is 0 Å². The normalized spacial score (nSPS) is 16.9. The molecule has 0 saturated heterocycles. The van der Waals surface area contributed by atoms with Crippen molar-refractivity contribution in [3.8, 4) is 11.5 Å². The lowest BCUT2D eigenvalue weighted by Crippen LogP contribution is -2.05. The molecule has 3 heterocycles. The Bertz CT molecular complexity index is 475. The molecule has 2 aromatic rings. The summed E-state index contributed by atoms with van der Waals surface area (Å²) < 4.78 is 2.26. The second-order valence-electron chi connectivity index (χ2n) is 4.48. The van der Waals surface area contributed by atoms with E-state index in [-0.39, 0.29) is 0 Å². The summed E-state index contributed by atoms with van der Waals surface area (Å²) in [4.78, 5) is 4.34. The molecular formula is C12H16N4S. The lowest BCUT2D eigenvalue weighted by Gasteiger charge is -2.06. The largest absolute Gasteiger partial charge is 0.310 e. The zero-order chi connectivity index (χ0) is 11.5. The van der Waals surface area contributed by atoms with Gasteiger partial charge in [0.2, 0.25) is 0 Å². The van der Waals surface area contributed by atoms with Gasteiger partial charge in [0.05, 0.1) is 5.51 Å². The van der Waals surface area contributed by atoms with Crippen molar-refractivity contribution in [1.82, 2.24) is 19.7 Å². The van der Waals surface area contributed by atoms with Gasteiger partial charge in [0, 0.05) is 18.3 Å². The van der Waals surface area contributed by atoms with Crippen molar-refractivity contribution in [2.75, 3.05) is 0 Å². The van der Waals surface area contributed by atoms with Crippen LogP contribution in [0.2, 0.25) is 0 Å². The molecule has 1 aliphatic rings. The Hall–Kier alpha value is -1.23. The Morgan fingerprint density at radius 2 is 1.94 bits per heavy atom. The first-order valence-electron chi connectivity index (χ1n) is 6.26. The highest BCUT2D eigenvalue weighted by Gasteiger charge is 2.15. The molecule has 0 aromatic carbocycles. The highest BCUT2D eigenvalue weighted by molar-refractivity contribution is 7.07. The van der Waals surface area contributed by atoms with E-state index in [4.69, 9.17) is 0 Å². The molecule has 0 saturated carbocycles. The fraction of sp³-hybridized carbons (Fsp3) is 0.583. The summed E-state index contributed by atoms with van der Waals surface area (Å²) in [6.07, 6.45) is 7.49. The predicted molar refractivity (Wildman–Crippen MR) is 67.9 cm³/mol. The molecule has 1 aliphatic heterocycles. The lowest BCUT2D eigenvalue weighted by atomic mass is 10.1. The lowest BCUT2D eigenvalue weighted by molar-refractivity contribution is 0.587. The molecule has 0 radical (unpaired) electrons. The van der Waals surface area contributed by atoms with Gasteiger partial charge in [0.1, 0.15) is 11.5 Å². The Balaban J connectivity index is 1.96. The van der Waals surface area contributed by atoms with Crippen LogP contribution in [0.15, 0.2) is 10.9 Å². The molecule has 4 nitrogen and oxygen atoms in total. The van der Waals surface area contributed by atoms with Crippen molar-refractivity contribution in [2.24, 2.45) is 0 Å². The maximum absolute atomic E-state index is 4.34. The minimum Gasteiger partial charge on any atom is -0.310 e. The number of rotatable bonds is 1. The quantitative estimate of drug-likeness (QED) is 0.779. The molecule has 0 unspecified atom stereocenters. The molecule has 2 aromatic heterocycles. The van der Waals surface area contributed by atoms with Gasteiger partial charge in [-0.15, -0.1) is 21.5 Å². The summed E-state index contributed by atoms with van der Waals surface area (Å²) >= 11 is 1.61. The Kier molecular flexibility index (Phi) is 3.18. The molecule has 3 rings (SSSR count). The molecule has 90 valence electrons. The van der Waals surface area contributed by atoms with Crippen molar-refractivity contribution in [2.45, 2.75) is 45.1 Å². The zero-order valence-corrected chi connectivity index (χ0v) is 10.6. The maximum atomic E-state index is 4.34. The molecule has 0 spiro atoms. The number of thiazole rings is 1. The number of hydrogen-bond donors (Lipinski definition) is 0. The minimum absolute atomic E-state index is 0.947. The molecule has 0 bridgehead atoms. The summed E-state index contributed by atoms with van der Waals surface area (Å²) in [7, 11) is 0. The van der Waals surface area contributed by atoms with Gasteiger partial charge in [-0.2, -0.15) is 0 Å². The summed E-state index contributed by atoms with van der Waals surface area (Å²) in [5.41, 5.74) is 2.82. The Morgan fingerprint density at radius 3 is 2.82 bits per heavy atom. The number of fused-ring (bicyclic) bond motifs is 1. The SMILES string of the molecule is c1nc(-c2nnc3n2CCCCCCC3)cs1. The van der Waals surface area contributed by atoms with Crippen LogP contribution in [0.5, 0.6) is 0 Å². The van der Waals surface area contributed by atoms with Crippen LogP contribution in [0, 0.1) is 0 Å². The predicted octanol–water partition coefficient (Wildman–Crippen LogP) is 2.91. The van der Waals surface area contributed by atoms with Crippen molar-refractivity contribution in [1.29, 1.82) is 0 Å². The maximum Gasteiger partial charge on any atom is 0.183 e. The van der Waals surface area contributed by atoms with E-state index in [2.05, 4.69) is 19.7 Å². The van der Waals surface area contributed by atoms with Gasteiger partial charge >= 0.3 is 0 Å². The first kappa shape index (κ1) is 10.9. The summed E-state index contributed by atoms with van der Waals surface area (Å²) in [6.45, 7) is 1.04. The first-order chi connectivity index (χ1) is 8.45. The van der Waals surface area contributed by atoms with Crippen LogP contribution in [0.25, 0.3) is 11.5 Å². The number of aryl methyl sites for hydroxylation is 1. The van der Waals surface area contributed by atoms with Crippen LogP contribution < -0.4 is 0 Å². The third-order valence-electron chi connectivity index (χ3n) is 3.27. The molecule has 0 N–H and O–H groups in total. The summed E-state index contributed by atoms with van der Waals surface area (Å²) in [6, 6.07) is 0. The molecule has 17 heavy (non-hydrogen) atoms. The van der Waals surface area contributed by atoms with Crippen molar-refractivity contribution in [3.05, 3.63) is 16.7 Å². The number of hydrogen-bond acceptors (Lipinski definition) is 4. The molecule has 0 aliphatic carbocycles. The van der Waals surface area contributed by atoms with E-state index in [0.717, 1.165) is 30.3 Å². The van der Waals surface area contributed by atoms with Gasteiger partial charge in [-0.1, -0.05) is 19.3 Å². The fourth-order valence-corrected chi connectivity index (χ4v) is 2.88. The highest BCUT2D eigenvalue weighted by atomic mass is 32.1. The van der Waals surface area contributed by atoms with E-state index in [1.165, 1.54) is 32.1 Å².